The summed E-state index contributed by atoms with van der Waals surface area (Å²) in [6, 6.07) is 6.80. The van der Waals surface area contributed by atoms with Gasteiger partial charge in [-0.25, -0.2) is 0 Å². The smallest absolute Gasteiger partial charge is 0.136 e. The molecule has 0 aromatic heterocycles. The van der Waals surface area contributed by atoms with Crippen LogP contribution in [-0.2, 0) is 0 Å². The third-order valence-electron chi connectivity index (χ3n) is 4.43. The average Bonchev–Trinajstić information content (AvgIpc) is 2.49. The second-order valence-corrected chi connectivity index (χ2v) is 5.97. The van der Waals surface area contributed by atoms with Crippen molar-refractivity contribution in [2.45, 2.75) is 44.9 Å². The summed E-state index contributed by atoms with van der Waals surface area (Å²) < 4.78 is 0. The van der Waals surface area contributed by atoms with Gasteiger partial charge in [-0.05, 0) is 44.9 Å². The van der Waals surface area contributed by atoms with E-state index >= 15 is 0 Å². The molecule has 0 amide bonds. The van der Waals surface area contributed by atoms with Gasteiger partial charge in [-0.1, -0.05) is 23.3 Å². The molecule has 2 N–H and O–H groups in total. The fourth-order valence-corrected chi connectivity index (χ4v) is 2.36. The summed E-state index contributed by atoms with van der Waals surface area (Å²) in [4.78, 5) is 2.74. The lowest BCUT2D eigenvalue weighted by Crippen LogP contribution is -2.52. The highest BCUT2D eigenvalue weighted by atomic mass is 16.6. The Balaban J connectivity index is 2.48. The van der Waals surface area contributed by atoms with Crippen LogP contribution in [0.3, 0.4) is 0 Å². The van der Waals surface area contributed by atoms with Crippen LogP contribution in [0.1, 0.15) is 39.4 Å². The van der Waals surface area contributed by atoms with Gasteiger partial charge in [-0.2, -0.15) is 10.1 Å². The molecule has 0 bridgehead atoms. The molecule has 1 saturated heterocycles. The van der Waals surface area contributed by atoms with Crippen LogP contribution in [0.2, 0.25) is 0 Å². The highest BCUT2D eigenvalue weighted by Crippen LogP contribution is 2.47. The zero-order valence-corrected chi connectivity index (χ0v) is 12.0. The predicted molar refractivity (Wildman–Crippen MR) is 73.4 cm³/mol. The van der Waals surface area contributed by atoms with E-state index in [0.717, 1.165) is 10.1 Å². The first-order valence-corrected chi connectivity index (χ1v) is 6.35. The molecule has 1 fully saturated rings. The predicted octanol–water partition coefficient (Wildman–Crippen LogP) is 3.58. The van der Waals surface area contributed by atoms with E-state index in [0.29, 0.717) is 11.3 Å². The highest BCUT2D eigenvalue weighted by Gasteiger charge is 2.58. The van der Waals surface area contributed by atoms with Crippen molar-refractivity contribution in [1.82, 2.24) is 10.1 Å². The molecule has 1 heterocycles. The first-order chi connectivity index (χ1) is 9.23. The van der Waals surface area contributed by atoms with Crippen molar-refractivity contribution in [3.05, 3.63) is 40.3 Å². The summed E-state index contributed by atoms with van der Waals surface area (Å²) in [6.07, 6.45) is -0.714. The molecule has 20 heavy (non-hydrogen) atoms. The number of hydrogen-bond acceptors (Lipinski definition) is 5. The first-order valence-electron chi connectivity index (χ1n) is 6.35. The molecule has 0 radical (unpaired) electrons. The summed E-state index contributed by atoms with van der Waals surface area (Å²) in [5.74, 6) is 0. The normalized spacial score (nSPS) is 22.7. The molecule has 7 heteroatoms. The second-order valence-electron chi connectivity index (χ2n) is 5.97. The molecule has 0 unspecified atom stereocenters. The molecule has 1 aromatic rings. The van der Waals surface area contributed by atoms with Crippen LogP contribution < -0.4 is 0 Å². The van der Waals surface area contributed by atoms with Crippen molar-refractivity contribution < 1.29 is 10.4 Å². The molecule has 1 aromatic carbocycles. The van der Waals surface area contributed by atoms with Gasteiger partial charge >= 0.3 is 0 Å². The lowest BCUT2D eigenvalue weighted by molar-refractivity contribution is -0.223. The minimum Gasteiger partial charge on any atom is -0.311 e. The van der Waals surface area contributed by atoms with Gasteiger partial charge in [0.15, 0.2) is 0 Å². The number of nitrogens with zero attached hydrogens (tertiary/aromatic N) is 5. The highest BCUT2D eigenvalue weighted by molar-refractivity contribution is 5.41. The Kier molecular flexibility index (Phi) is 3.49. The molecule has 0 aliphatic carbocycles. The zero-order chi connectivity index (χ0) is 15.1. The van der Waals surface area contributed by atoms with Gasteiger partial charge < -0.3 is 10.4 Å². The van der Waals surface area contributed by atoms with Crippen LogP contribution in [0.15, 0.2) is 29.4 Å². The zero-order valence-electron chi connectivity index (χ0n) is 12.0. The maximum absolute atomic E-state index is 10.4. The van der Waals surface area contributed by atoms with Crippen molar-refractivity contribution in [3.63, 3.8) is 0 Å². The van der Waals surface area contributed by atoms with E-state index in [1.54, 1.807) is 24.3 Å². The third-order valence-corrected chi connectivity index (χ3v) is 4.43. The summed E-state index contributed by atoms with van der Waals surface area (Å²) >= 11 is 0. The molecule has 108 valence electrons. The summed E-state index contributed by atoms with van der Waals surface area (Å²) in [6.45, 7) is 7.42. The van der Waals surface area contributed by atoms with Crippen molar-refractivity contribution in [2.24, 2.45) is 5.11 Å². The number of hydrogen-bond donors (Lipinski definition) is 2. The van der Waals surface area contributed by atoms with E-state index in [9.17, 15) is 10.4 Å². The Morgan fingerprint density at radius 2 is 1.70 bits per heavy atom. The molecular formula is C13H19N5O2. The molecule has 2 rings (SSSR count). The maximum Gasteiger partial charge on any atom is 0.136 e. The summed E-state index contributed by atoms with van der Waals surface area (Å²) in [7, 11) is 0. The first kappa shape index (κ1) is 14.8. The number of hydroxylamine groups is 4. The Bertz CT molecular complexity index is 546. The standard InChI is InChI=1S/C13H19N5O2/c1-12(2)13(3,4)18(20)11(17(12)19)9-6-5-7-10(8-9)15-16-14/h5-8,11,19-20H,1-4H3. The van der Waals surface area contributed by atoms with Crippen molar-refractivity contribution >= 4 is 5.69 Å². The van der Waals surface area contributed by atoms with E-state index in [4.69, 9.17) is 5.53 Å². The molecule has 0 spiro atoms. The quantitative estimate of drug-likeness (QED) is 0.490. The molecule has 1 aliphatic rings. The van der Waals surface area contributed by atoms with E-state index in [1.807, 2.05) is 27.7 Å². The molecular weight excluding hydrogens is 258 g/mol. The van der Waals surface area contributed by atoms with Crippen LogP contribution in [0.5, 0.6) is 0 Å². The Morgan fingerprint density at radius 1 is 1.15 bits per heavy atom. The van der Waals surface area contributed by atoms with Gasteiger partial charge in [0.2, 0.25) is 0 Å². The van der Waals surface area contributed by atoms with E-state index in [1.165, 1.54) is 0 Å². The number of rotatable bonds is 2. The van der Waals surface area contributed by atoms with Gasteiger partial charge in [0.25, 0.3) is 0 Å². The minimum absolute atomic E-state index is 0.439. The van der Waals surface area contributed by atoms with Gasteiger partial charge in [0.05, 0.1) is 11.1 Å². The number of benzene rings is 1. The Labute approximate surface area is 117 Å². The second kappa shape index (κ2) is 4.73. The van der Waals surface area contributed by atoms with Gasteiger partial charge in [-0.3, -0.25) is 0 Å². The van der Waals surface area contributed by atoms with Gasteiger partial charge in [0.1, 0.15) is 6.17 Å². The fraction of sp³-hybridized carbons (Fsp3) is 0.538. The lowest BCUT2D eigenvalue weighted by Gasteiger charge is -2.37. The third kappa shape index (κ3) is 1.96. The SMILES string of the molecule is CC1(C)N(O)C(c2cccc(N=[N+]=[N-])c2)N(O)C1(C)C. The molecule has 0 saturated carbocycles. The van der Waals surface area contributed by atoms with Gasteiger partial charge in [-0.15, -0.1) is 0 Å². The number of azide groups is 1. The van der Waals surface area contributed by atoms with Crippen LogP contribution in [0.4, 0.5) is 5.69 Å². The topological polar surface area (TPSA) is 95.7 Å². The fourth-order valence-electron chi connectivity index (χ4n) is 2.36. The summed E-state index contributed by atoms with van der Waals surface area (Å²) in [5.41, 5.74) is 8.27. The Hall–Kier alpha value is -1.63. The van der Waals surface area contributed by atoms with E-state index in [-0.39, 0.29) is 0 Å². The van der Waals surface area contributed by atoms with E-state index in [2.05, 4.69) is 10.0 Å². The van der Waals surface area contributed by atoms with Crippen LogP contribution in [-0.4, -0.2) is 31.6 Å². The summed E-state index contributed by atoms with van der Waals surface area (Å²) in [5, 5.41) is 26.6. The van der Waals surface area contributed by atoms with Crippen LogP contribution >= 0.6 is 0 Å². The van der Waals surface area contributed by atoms with Crippen molar-refractivity contribution in [1.29, 1.82) is 0 Å². The largest absolute Gasteiger partial charge is 0.311 e. The lowest BCUT2D eigenvalue weighted by atomic mass is 9.84. The molecule has 1 aliphatic heterocycles. The maximum atomic E-state index is 10.4. The van der Waals surface area contributed by atoms with Crippen molar-refractivity contribution in [3.8, 4) is 0 Å². The van der Waals surface area contributed by atoms with Gasteiger partial charge in [0, 0.05) is 10.6 Å². The van der Waals surface area contributed by atoms with Crippen molar-refractivity contribution in [2.75, 3.05) is 0 Å². The van der Waals surface area contributed by atoms with Crippen LogP contribution in [0.25, 0.3) is 10.4 Å². The van der Waals surface area contributed by atoms with Crippen LogP contribution in [0, 0.1) is 0 Å². The average molecular weight is 277 g/mol. The monoisotopic (exact) mass is 277 g/mol. The Morgan fingerprint density at radius 3 is 2.20 bits per heavy atom. The van der Waals surface area contributed by atoms with E-state index < -0.39 is 17.2 Å². The molecule has 0 atom stereocenters. The molecule has 7 nitrogen and oxygen atoms in total. The minimum atomic E-state index is -0.714.